The number of rotatable bonds is 15. The maximum Gasteiger partial charge on any atom is 0.414 e. The lowest BCUT2D eigenvalue weighted by Gasteiger charge is -2.59. The Labute approximate surface area is 301 Å². The molecule has 2 bridgehead atoms. The number of methoxy groups -OCH3 is 1. The summed E-state index contributed by atoms with van der Waals surface area (Å²) in [5.74, 6) is -2.06. The predicted octanol–water partition coefficient (Wildman–Crippen LogP) is 0.114. The molecule has 17 nitrogen and oxygen atoms in total. The molecule has 1 aromatic rings. The van der Waals surface area contributed by atoms with Crippen molar-refractivity contribution < 1.29 is 48.4 Å². The van der Waals surface area contributed by atoms with Gasteiger partial charge in [0.25, 0.3) is 0 Å². The van der Waals surface area contributed by atoms with Gasteiger partial charge in [-0.3, -0.25) is 24.2 Å². The zero-order valence-corrected chi connectivity index (χ0v) is 30.0. The van der Waals surface area contributed by atoms with Gasteiger partial charge in [-0.05, 0) is 68.6 Å². The number of aliphatic hydroxyl groups is 1. The fourth-order valence-electron chi connectivity index (χ4n) is 8.40. The van der Waals surface area contributed by atoms with Crippen molar-refractivity contribution in [2.24, 2.45) is 22.4 Å². The van der Waals surface area contributed by atoms with Gasteiger partial charge in [-0.15, -0.1) is 0 Å². The van der Waals surface area contributed by atoms with Crippen molar-refractivity contribution in [1.29, 1.82) is 0 Å². The van der Waals surface area contributed by atoms with E-state index in [-0.39, 0.29) is 30.5 Å². The number of likely N-dealkylation sites (N-methyl/N-ethyl adjacent to an activating group) is 2. The summed E-state index contributed by atoms with van der Waals surface area (Å²) in [6.45, 7) is 0.494. The first-order chi connectivity index (χ1) is 24.6. The number of nitrogens with two attached hydrogens (primary N) is 2. The van der Waals surface area contributed by atoms with Crippen LogP contribution in [0.1, 0.15) is 63.0 Å². The van der Waals surface area contributed by atoms with Gasteiger partial charge < -0.3 is 56.3 Å². The second-order valence-corrected chi connectivity index (χ2v) is 14.1. The molecule has 52 heavy (non-hydrogen) atoms. The fourth-order valence-corrected chi connectivity index (χ4v) is 8.40. The Bertz CT molecular complexity index is 1660. The number of guanidine groups is 1. The summed E-state index contributed by atoms with van der Waals surface area (Å²) in [4.78, 5) is 70.0. The molecule has 1 aliphatic heterocycles. The van der Waals surface area contributed by atoms with Crippen molar-refractivity contribution in [3.63, 3.8) is 0 Å². The molecule has 8 N–H and O–H groups in total. The first-order valence-electron chi connectivity index (χ1n) is 17.4. The Morgan fingerprint density at radius 2 is 1.87 bits per heavy atom. The molecule has 0 radical (unpaired) electrons. The van der Waals surface area contributed by atoms with Gasteiger partial charge in [-0.25, -0.2) is 4.79 Å². The first kappa shape index (κ1) is 38.2. The lowest BCUT2D eigenvalue weighted by molar-refractivity contribution is -0.149. The molecule has 4 aliphatic rings. The van der Waals surface area contributed by atoms with Crippen molar-refractivity contribution in [3.8, 4) is 11.5 Å². The van der Waals surface area contributed by atoms with Crippen LogP contribution >= 0.6 is 0 Å². The van der Waals surface area contributed by atoms with Gasteiger partial charge in [0, 0.05) is 33.1 Å². The van der Waals surface area contributed by atoms with Gasteiger partial charge in [-0.2, -0.15) is 0 Å². The minimum absolute atomic E-state index is 0.00639. The van der Waals surface area contributed by atoms with E-state index in [0.717, 1.165) is 33.8 Å². The third-order valence-corrected chi connectivity index (χ3v) is 10.7. The quantitative estimate of drug-likeness (QED) is 0.0801. The van der Waals surface area contributed by atoms with E-state index in [1.807, 2.05) is 12.1 Å². The van der Waals surface area contributed by atoms with Crippen LogP contribution in [-0.4, -0.2) is 120 Å². The molecule has 1 fully saturated rings. The number of carbonyl (C=O) groups excluding carboxylic acids is 4. The number of ether oxygens (including phenoxy) is 3. The smallest absolute Gasteiger partial charge is 0.414 e. The molecular formula is C35H49N7O10. The molecule has 17 heteroatoms. The summed E-state index contributed by atoms with van der Waals surface area (Å²) in [6, 6.07) is 1.41. The molecule has 1 heterocycles. The number of carboxylic acid groups (broad SMARTS) is 1. The number of aliphatic carboxylic acids is 1. The average molecular weight is 728 g/mol. The molecule has 0 aromatic heterocycles. The first-order valence-corrected chi connectivity index (χ1v) is 17.4. The van der Waals surface area contributed by atoms with Crippen molar-refractivity contribution in [1.82, 2.24) is 20.4 Å². The van der Waals surface area contributed by atoms with Crippen LogP contribution in [0.3, 0.4) is 0 Å². The molecular weight excluding hydrogens is 678 g/mol. The third-order valence-electron chi connectivity index (χ3n) is 10.7. The van der Waals surface area contributed by atoms with Gasteiger partial charge in [0.1, 0.15) is 24.4 Å². The van der Waals surface area contributed by atoms with Crippen LogP contribution in [0.2, 0.25) is 0 Å². The third kappa shape index (κ3) is 7.18. The van der Waals surface area contributed by atoms with Crippen molar-refractivity contribution in [3.05, 3.63) is 35.1 Å². The summed E-state index contributed by atoms with van der Waals surface area (Å²) in [6.07, 6.45) is 4.42. The van der Waals surface area contributed by atoms with Gasteiger partial charge in [0.2, 0.25) is 17.7 Å². The molecule has 4 amide bonds. The summed E-state index contributed by atoms with van der Waals surface area (Å²) < 4.78 is 18.1. The van der Waals surface area contributed by atoms with E-state index in [9.17, 15) is 34.2 Å². The number of carbonyl (C=O) groups is 5. The summed E-state index contributed by atoms with van der Waals surface area (Å²) in [5.41, 5.74) is 10.7. The Hall–Kier alpha value is -5.06. The summed E-state index contributed by atoms with van der Waals surface area (Å²) in [7, 11) is 4.18. The van der Waals surface area contributed by atoms with E-state index in [1.165, 1.54) is 21.0 Å². The van der Waals surface area contributed by atoms with Gasteiger partial charge >= 0.3 is 12.1 Å². The van der Waals surface area contributed by atoms with Crippen LogP contribution in [0.15, 0.2) is 29.0 Å². The van der Waals surface area contributed by atoms with Crippen molar-refractivity contribution in [2.45, 2.75) is 87.5 Å². The Balaban J connectivity index is 1.34. The van der Waals surface area contributed by atoms with E-state index in [4.69, 9.17) is 25.7 Å². The number of aliphatic imine (C=N–C) groups is 1. The molecule has 1 spiro atoms. The second kappa shape index (κ2) is 15.3. The van der Waals surface area contributed by atoms with Gasteiger partial charge in [0.15, 0.2) is 23.6 Å². The number of hydrogen-bond acceptors (Lipinski definition) is 10. The van der Waals surface area contributed by atoms with Crippen LogP contribution in [0.5, 0.6) is 11.5 Å². The second-order valence-electron chi connectivity index (χ2n) is 14.1. The molecule has 5 rings (SSSR count). The maximum atomic E-state index is 13.7. The Morgan fingerprint density at radius 1 is 1.12 bits per heavy atom. The molecule has 284 valence electrons. The number of unbranched alkanes of at least 4 members (excludes halogenated alkanes) is 1. The van der Waals surface area contributed by atoms with E-state index >= 15 is 0 Å². The molecule has 6 atom stereocenters. The SMILES string of the molecule is COc1ccc2c3c1O[C@H]1C(OC(=O)N(C)C[C@H](NC(=O)[C@H](CCCCN=C(N)N)NC(C)=O)C(=O)N(C)CC(=O)O)=CC[C@@]4(O)[C@H](CCC[C@]314)C2. The fraction of sp³-hybridized carbons (Fsp3) is 0.600. The highest BCUT2D eigenvalue weighted by Crippen LogP contribution is 2.67. The van der Waals surface area contributed by atoms with Crippen LogP contribution in [0, 0.1) is 5.92 Å². The molecule has 0 saturated heterocycles. The molecule has 1 aromatic carbocycles. The zero-order chi connectivity index (χ0) is 38.0. The maximum absolute atomic E-state index is 13.7. The van der Waals surface area contributed by atoms with E-state index in [1.54, 1.807) is 13.2 Å². The topological polar surface area (TPSA) is 248 Å². The Kier molecular flexibility index (Phi) is 11.2. The van der Waals surface area contributed by atoms with Gasteiger partial charge in [-0.1, -0.05) is 12.5 Å². The van der Waals surface area contributed by atoms with Crippen LogP contribution in [-0.2, 0) is 35.8 Å². The molecule has 1 saturated carbocycles. The number of nitrogens with one attached hydrogen (secondary N) is 2. The predicted molar refractivity (Wildman–Crippen MR) is 186 cm³/mol. The largest absolute Gasteiger partial charge is 0.493 e. The number of hydrogen-bond donors (Lipinski definition) is 6. The molecule has 0 unspecified atom stereocenters. The highest BCUT2D eigenvalue weighted by atomic mass is 16.6. The number of benzene rings is 1. The van der Waals surface area contributed by atoms with Crippen LogP contribution in [0.25, 0.3) is 0 Å². The van der Waals surface area contributed by atoms with Crippen LogP contribution < -0.4 is 31.6 Å². The summed E-state index contributed by atoms with van der Waals surface area (Å²) >= 11 is 0. The van der Waals surface area contributed by atoms with Crippen molar-refractivity contribution >= 4 is 35.7 Å². The highest BCUT2D eigenvalue weighted by molar-refractivity contribution is 5.93. The normalized spacial score (nSPS) is 24.4. The lowest BCUT2D eigenvalue weighted by atomic mass is 9.47. The van der Waals surface area contributed by atoms with E-state index < -0.39 is 72.1 Å². The minimum atomic E-state index is -1.41. The monoisotopic (exact) mass is 727 g/mol. The van der Waals surface area contributed by atoms with Crippen molar-refractivity contribution in [2.75, 3.05) is 40.8 Å². The Morgan fingerprint density at radius 3 is 2.54 bits per heavy atom. The highest BCUT2D eigenvalue weighted by Gasteiger charge is 2.71. The van der Waals surface area contributed by atoms with E-state index in [0.29, 0.717) is 43.7 Å². The standard InChI is InChI=1S/C35H49N7O10/c1-19(43)39-22(9-5-6-15-38-32(36)37)30(46)40-23(31(47)41(2)18-26(44)45)17-42(3)33(48)51-25-12-14-35(49)21-8-7-13-34(35)27-20(16-21)10-11-24(50-4)28(27)52-29(25)34/h10-12,21-23,29,49H,5-9,13-18H2,1-4H3,(H,39,43)(H,40,46)(H,44,45)(H4,36,37,38)/t21-,22+,23+,29+,34+,35-/m1/s1. The summed E-state index contributed by atoms with van der Waals surface area (Å²) in [5, 5.41) is 26.8. The van der Waals surface area contributed by atoms with Crippen LogP contribution in [0.4, 0.5) is 4.79 Å². The minimum Gasteiger partial charge on any atom is -0.493 e. The molecule has 3 aliphatic carbocycles. The van der Waals surface area contributed by atoms with E-state index in [2.05, 4.69) is 15.6 Å². The lowest BCUT2D eigenvalue weighted by Crippen LogP contribution is -2.67. The van der Waals surface area contributed by atoms with Gasteiger partial charge in [0.05, 0.1) is 24.7 Å². The number of amides is 4. The number of nitrogens with zero attached hydrogens (tertiary/aromatic N) is 3. The average Bonchev–Trinajstić information content (AvgIpc) is 3.42. The zero-order valence-electron chi connectivity index (χ0n) is 30.0. The number of carboxylic acids is 1.